The number of para-hydroxylation sites is 2. The molecule has 3 aromatic carbocycles. The molecule has 0 aliphatic heterocycles. The maximum atomic E-state index is 13.1. The molecule has 0 spiro atoms. The zero-order chi connectivity index (χ0) is 20.4. The van der Waals surface area contributed by atoms with Crippen LogP contribution < -0.4 is 9.46 Å². The molecule has 1 N–H and O–H groups in total. The van der Waals surface area contributed by atoms with Crippen molar-refractivity contribution in [1.29, 1.82) is 0 Å². The van der Waals surface area contributed by atoms with Gasteiger partial charge in [-0.05, 0) is 48.5 Å². The molecular weight excluding hydrogens is 415 g/mol. The molecule has 0 fully saturated rings. The van der Waals surface area contributed by atoms with E-state index in [1.807, 2.05) is 4.72 Å². The van der Waals surface area contributed by atoms with Crippen LogP contribution in [-0.4, -0.2) is 8.42 Å². The lowest BCUT2D eigenvalue weighted by atomic mass is 10.2. The summed E-state index contributed by atoms with van der Waals surface area (Å²) in [7, 11) is -4.23. The maximum absolute atomic E-state index is 13.1. The summed E-state index contributed by atoms with van der Waals surface area (Å²) in [6, 6.07) is 16.3. The van der Waals surface area contributed by atoms with Crippen LogP contribution in [0, 0.1) is 0 Å². The second-order valence-corrected chi connectivity index (χ2v) is 7.74. The fraction of sp³-hybridized carbons (Fsp3) is 0.0526. The number of nitrogens with one attached hydrogen (secondary N) is 1. The molecule has 0 aliphatic rings. The van der Waals surface area contributed by atoms with E-state index in [1.165, 1.54) is 36.4 Å². The lowest BCUT2D eigenvalue weighted by Gasteiger charge is -2.15. The van der Waals surface area contributed by atoms with E-state index < -0.39 is 27.5 Å². The van der Waals surface area contributed by atoms with Crippen molar-refractivity contribution in [3.05, 3.63) is 83.4 Å². The van der Waals surface area contributed by atoms with Crippen molar-refractivity contribution in [2.75, 3.05) is 4.72 Å². The van der Waals surface area contributed by atoms with Gasteiger partial charge in [0.2, 0.25) is 0 Å². The number of ether oxygens (including phenoxy) is 1. The van der Waals surface area contributed by atoms with Crippen LogP contribution in [0.15, 0.2) is 77.7 Å². The standard InChI is InChI=1S/C19H13ClF3NO3S/c20-16-6-2-4-8-18(16)27-13-9-11-14(12-10-13)28(25,26)24-17-7-3-1-5-15(17)19(21,22)23/h1-12,24H. The second kappa shape index (κ2) is 7.73. The number of anilines is 1. The van der Waals surface area contributed by atoms with Crippen molar-refractivity contribution in [3.63, 3.8) is 0 Å². The van der Waals surface area contributed by atoms with Crippen LogP contribution in [0.2, 0.25) is 5.02 Å². The Morgan fingerprint density at radius 3 is 2.11 bits per heavy atom. The Bertz CT molecular complexity index is 1080. The number of sulfonamides is 1. The molecule has 0 unspecified atom stereocenters. The molecule has 4 nitrogen and oxygen atoms in total. The molecule has 0 bridgehead atoms. The number of alkyl halides is 3. The Hall–Kier alpha value is -2.71. The third kappa shape index (κ3) is 4.58. The molecule has 0 amide bonds. The SMILES string of the molecule is O=S(=O)(Nc1ccccc1C(F)(F)F)c1ccc(Oc2ccccc2Cl)cc1. The number of halogens is 4. The molecule has 28 heavy (non-hydrogen) atoms. The Balaban J connectivity index is 1.83. The lowest BCUT2D eigenvalue weighted by molar-refractivity contribution is -0.136. The number of rotatable bonds is 5. The predicted octanol–water partition coefficient (Wildman–Crippen LogP) is 5.95. The summed E-state index contributed by atoms with van der Waals surface area (Å²) in [5.74, 6) is 0.708. The molecule has 9 heteroatoms. The summed E-state index contributed by atoms with van der Waals surface area (Å²) in [4.78, 5) is -0.212. The van der Waals surface area contributed by atoms with Crippen LogP contribution in [0.5, 0.6) is 11.5 Å². The van der Waals surface area contributed by atoms with E-state index in [-0.39, 0.29) is 4.90 Å². The van der Waals surface area contributed by atoms with Crippen LogP contribution in [0.4, 0.5) is 18.9 Å². The fourth-order valence-electron chi connectivity index (χ4n) is 2.36. The van der Waals surface area contributed by atoms with Gasteiger partial charge in [-0.2, -0.15) is 13.2 Å². The zero-order valence-corrected chi connectivity index (χ0v) is 15.6. The van der Waals surface area contributed by atoms with Crippen molar-refractivity contribution in [2.45, 2.75) is 11.1 Å². The average molecular weight is 428 g/mol. The summed E-state index contributed by atoms with van der Waals surface area (Å²) >= 11 is 6.00. The lowest BCUT2D eigenvalue weighted by Crippen LogP contribution is -2.17. The van der Waals surface area contributed by atoms with Gasteiger partial charge in [0, 0.05) is 0 Å². The van der Waals surface area contributed by atoms with Gasteiger partial charge in [-0.1, -0.05) is 35.9 Å². The van der Waals surface area contributed by atoms with Gasteiger partial charge >= 0.3 is 6.18 Å². The first-order chi connectivity index (χ1) is 13.2. The van der Waals surface area contributed by atoms with Crippen LogP contribution >= 0.6 is 11.6 Å². The van der Waals surface area contributed by atoms with Crippen molar-refractivity contribution in [2.24, 2.45) is 0 Å². The predicted molar refractivity (Wildman–Crippen MR) is 100 cm³/mol. The van der Waals surface area contributed by atoms with E-state index >= 15 is 0 Å². The molecule has 0 radical (unpaired) electrons. The molecule has 0 atom stereocenters. The average Bonchev–Trinajstić information content (AvgIpc) is 2.63. The highest BCUT2D eigenvalue weighted by molar-refractivity contribution is 7.92. The van der Waals surface area contributed by atoms with E-state index in [2.05, 4.69) is 0 Å². The second-order valence-electron chi connectivity index (χ2n) is 5.65. The Kier molecular flexibility index (Phi) is 5.53. The van der Waals surface area contributed by atoms with Crippen molar-refractivity contribution < 1.29 is 26.3 Å². The normalized spacial score (nSPS) is 11.9. The highest BCUT2D eigenvalue weighted by Gasteiger charge is 2.34. The van der Waals surface area contributed by atoms with Crippen LogP contribution in [0.3, 0.4) is 0 Å². The van der Waals surface area contributed by atoms with Gasteiger partial charge in [-0.15, -0.1) is 0 Å². The van der Waals surface area contributed by atoms with E-state index in [0.717, 1.165) is 12.1 Å². The molecule has 146 valence electrons. The summed E-state index contributed by atoms with van der Waals surface area (Å²) < 4.78 is 71.6. The minimum atomic E-state index is -4.69. The third-order valence-electron chi connectivity index (χ3n) is 3.68. The number of hydrogen-bond donors (Lipinski definition) is 1. The molecule has 0 saturated carbocycles. The first kappa shape index (κ1) is 20.0. The molecule has 3 aromatic rings. The van der Waals surface area contributed by atoms with E-state index in [0.29, 0.717) is 16.5 Å². The van der Waals surface area contributed by atoms with Crippen LogP contribution in [0.1, 0.15) is 5.56 Å². The Morgan fingerprint density at radius 2 is 1.46 bits per heavy atom. The first-order valence-electron chi connectivity index (χ1n) is 7.88. The smallest absolute Gasteiger partial charge is 0.418 e. The molecular formula is C19H13ClF3NO3S. The molecule has 0 heterocycles. The van der Waals surface area contributed by atoms with E-state index in [4.69, 9.17) is 16.3 Å². The van der Waals surface area contributed by atoms with Crippen molar-refractivity contribution >= 4 is 27.3 Å². The first-order valence-corrected chi connectivity index (χ1v) is 9.74. The van der Waals surface area contributed by atoms with E-state index in [9.17, 15) is 21.6 Å². The van der Waals surface area contributed by atoms with Gasteiger partial charge in [0.15, 0.2) is 0 Å². The summed E-state index contributed by atoms with van der Waals surface area (Å²) in [6.07, 6.45) is -4.69. The Labute approximate surface area is 164 Å². The van der Waals surface area contributed by atoms with Gasteiger partial charge in [0.05, 0.1) is 21.2 Å². The summed E-state index contributed by atoms with van der Waals surface area (Å²) in [5, 5.41) is 0.379. The van der Waals surface area contributed by atoms with Crippen molar-refractivity contribution in [3.8, 4) is 11.5 Å². The van der Waals surface area contributed by atoms with Crippen LogP contribution in [-0.2, 0) is 16.2 Å². The van der Waals surface area contributed by atoms with Gasteiger partial charge in [-0.25, -0.2) is 8.42 Å². The van der Waals surface area contributed by atoms with Gasteiger partial charge in [-0.3, -0.25) is 4.72 Å². The quantitative estimate of drug-likeness (QED) is 0.547. The number of hydrogen-bond acceptors (Lipinski definition) is 3. The highest BCUT2D eigenvalue weighted by atomic mass is 35.5. The van der Waals surface area contributed by atoms with Gasteiger partial charge in [0.1, 0.15) is 11.5 Å². The maximum Gasteiger partial charge on any atom is 0.418 e. The molecule has 0 saturated heterocycles. The highest BCUT2D eigenvalue weighted by Crippen LogP contribution is 2.35. The zero-order valence-electron chi connectivity index (χ0n) is 14.1. The topological polar surface area (TPSA) is 55.4 Å². The summed E-state index contributed by atoms with van der Waals surface area (Å²) in [5.41, 5.74) is -1.62. The monoisotopic (exact) mass is 427 g/mol. The number of benzene rings is 3. The minimum Gasteiger partial charge on any atom is -0.456 e. The van der Waals surface area contributed by atoms with Crippen LogP contribution in [0.25, 0.3) is 0 Å². The molecule has 0 aromatic heterocycles. The third-order valence-corrected chi connectivity index (χ3v) is 5.37. The van der Waals surface area contributed by atoms with Crippen molar-refractivity contribution in [1.82, 2.24) is 0 Å². The minimum absolute atomic E-state index is 0.212. The van der Waals surface area contributed by atoms with Gasteiger partial charge in [0.25, 0.3) is 10.0 Å². The molecule has 0 aliphatic carbocycles. The fourth-order valence-corrected chi connectivity index (χ4v) is 3.62. The van der Waals surface area contributed by atoms with Gasteiger partial charge < -0.3 is 4.74 Å². The van der Waals surface area contributed by atoms with E-state index in [1.54, 1.807) is 24.3 Å². The summed E-state index contributed by atoms with van der Waals surface area (Å²) in [6.45, 7) is 0. The Morgan fingerprint density at radius 1 is 0.857 bits per heavy atom. The molecule has 3 rings (SSSR count). The largest absolute Gasteiger partial charge is 0.456 e.